The van der Waals surface area contributed by atoms with Crippen LogP contribution in [-0.2, 0) is 20.7 Å². The second-order valence-electron chi connectivity index (χ2n) is 13.5. The van der Waals surface area contributed by atoms with Crippen molar-refractivity contribution >= 4 is 34.4 Å². The molecule has 242 valence electrons. The number of hydrogen-bond donors (Lipinski definition) is 2. The Labute approximate surface area is 273 Å². The molecule has 0 spiro atoms. The van der Waals surface area contributed by atoms with Crippen LogP contribution in [0.4, 0.5) is 10.5 Å². The lowest BCUT2D eigenvalue weighted by molar-refractivity contribution is -0.147. The number of hydrogen-bond acceptors (Lipinski definition) is 4. The number of aryl methyl sites for hydroxylation is 2. The van der Waals surface area contributed by atoms with Crippen LogP contribution in [0.25, 0.3) is 10.8 Å². The maximum absolute atomic E-state index is 15.0. The summed E-state index contributed by atoms with van der Waals surface area (Å²) >= 11 is 0. The third-order valence-electron chi connectivity index (χ3n) is 8.37. The summed E-state index contributed by atoms with van der Waals surface area (Å²) in [5, 5.41) is 8.05. The average Bonchev–Trinajstić information content (AvgIpc) is 2.99. The number of carbonyl (C=O) groups excluding carboxylic acids is 3. The Balaban J connectivity index is 1.84. The van der Waals surface area contributed by atoms with E-state index < -0.39 is 29.3 Å². The van der Waals surface area contributed by atoms with Crippen molar-refractivity contribution in [3.05, 3.63) is 113 Å². The highest BCUT2D eigenvalue weighted by Crippen LogP contribution is 2.36. The van der Waals surface area contributed by atoms with Crippen molar-refractivity contribution in [3.8, 4) is 0 Å². The highest BCUT2D eigenvalue weighted by Gasteiger charge is 2.44. The van der Waals surface area contributed by atoms with Gasteiger partial charge in [0.1, 0.15) is 17.7 Å². The standard InChI is InChI=1S/C39H47N3O4/c1-9-39(7,8)42(36(44)32(24-28-18-11-10-12-19-28)41-37(45)46-38(4,5)6)34(33-26(2)16-15-17-27(33)3)35(43)40-31-23-22-29-20-13-14-21-30(29)25-31/h10-23,25,32,34H,9,24H2,1-8H3,(H,40,43)(H,41,45). The van der Waals surface area contributed by atoms with E-state index in [9.17, 15) is 14.4 Å². The van der Waals surface area contributed by atoms with E-state index in [1.54, 1.807) is 25.7 Å². The number of anilines is 1. The Kier molecular flexibility index (Phi) is 10.6. The van der Waals surface area contributed by atoms with Crippen LogP contribution in [0, 0.1) is 13.8 Å². The molecule has 4 rings (SSSR count). The van der Waals surface area contributed by atoms with Crippen molar-refractivity contribution in [1.82, 2.24) is 10.2 Å². The van der Waals surface area contributed by atoms with Gasteiger partial charge in [-0.25, -0.2) is 4.79 Å². The van der Waals surface area contributed by atoms with E-state index in [1.807, 2.05) is 126 Å². The topological polar surface area (TPSA) is 87.7 Å². The Morgan fingerprint density at radius 3 is 2.00 bits per heavy atom. The second-order valence-corrected chi connectivity index (χ2v) is 13.5. The zero-order valence-corrected chi connectivity index (χ0v) is 28.3. The monoisotopic (exact) mass is 621 g/mol. The Bertz CT molecular complexity index is 1670. The number of nitrogens with one attached hydrogen (secondary N) is 2. The van der Waals surface area contributed by atoms with Crippen molar-refractivity contribution in [2.75, 3.05) is 5.32 Å². The molecule has 0 saturated carbocycles. The van der Waals surface area contributed by atoms with Crippen molar-refractivity contribution < 1.29 is 19.1 Å². The number of amides is 3. The van der Waals surface area contributed by atoms with Crippen molar-refractivity contribution in [1.29, 1.82) is 0 Å². The molecular weight excluding hydrogens is 574 g/mol. The number of fused-ring (bicyclic) bond motifs is 1. The fraction of sp³-hybridized carbons (Fsp3) is 0.359. The normalized spacial score (nSPS) is 13.0. The van der Waals surface area contributed by atoms with Gasteiger partial charge in [0, 0.05) is 17.6 Å². The molecule has 0 bridgehead atoms. The predicted octanol–water partition coefficient (Wildman–Crippen LogP) is 8.29. The molecule has 4 aromatic carbocycles. The molecule has 0 heterocycles. The predicted molar refractivity (Wildman–Crippen MR) is 186 cm³/mol. The molecule has 0 aliphatic carbocycles. The Morgan fingerprint density at radius 2 is 1.39 bits per heavy atom. The quantitative estimate of drug-likeness (QED) is 0.187. The smallest absolute Gasteiger partial charge is 0.408 e. The van der Waals surface area contributed by atoms with Crippen LogP contribution in [0.3, 0.4) is 0 Å². The summed E-state index contributed by atoms with van der Waals surface area (Å²) in [6, 6.07) is 27.2. The summed E-state index contributed by atoms with van der Waals surface area (Å²) in [5.74, 6) is -0.707. The van der Waals surface area contributed by atoms with E-state index in [0.717, 1.165) is 33.0 Å². The second kappa shape index (κ2) is 14.2. The fourth-order valence-electron chi connectivity index (χ4n) is 5.73. The molecule has 0 fully saturated rings. The van der Waals surface area contributed by atoms with Gasteiger partial charge in [0.15, 0.2) is 0 Å². The largest absolute Gasteiger partial charge is 0.444 e. The first-order chi connectivity index (χ1) is 21.7. The Morgan fingerprint density at radius 1 is 0.783 bits per heavy atom. The lowest BCUT2D eigenvalue weighted by atomic mass is 9.88. The van der Waals surface area contributed by atoms with Gasteiger partial charge in [0.05, 0.1) is 0 Å². The fourth-order valence-corrected chi connectivity index (χ4v) is 5.73. The SMILES string of the molecule is CCC(C)(C)N(C(=O)C(Cc1ccccc1)NC(=O)OC(C)(C)C)C(C(=O)Nc1ccc2ccccc2c1)c1c(C)cccc1C. The first-order valence-electron chi connectivity index (χ1n) is 15.9. The number of rotatable bonds is 10. The van der Waals surface area contributed by atoms with Gasteiger partial charge < -0.3 is 20.3 Å². The molecule has 0 aliphatic rings. The number of alkyl carbamates (subject to hydrolysis) is 1. The van der Waals surface area contributed by atoms with Gasteiger partial charge in [0.25, 0.3) is 5.91 Å². The van der Waals surface area contributed by atoms with Gasteiger partial charge >= 0.3 is 6.09 Å². The molecule has 2 atom stereocenters. The number of nitrogens with zero attached hydrogens (tertiary/aromatic N) is 1. The maximum atomic E-state index is 15.0. The molecule has 0 radical (unpaired) electrons. The number of benzene rings is 4. The highest BCUT2D eigenvalue weighted by molar-refractivity contribution is 6.01. The number of ether oxygens (including phenoxy) is 1. The Hall–Kier alpha value is -4.65. The van der Waals surface area contributed by atoms with Crippen molar-refractivity contribution in [2.45, 2.75) is 91.5 Å². The molecule has 7 nitrogen and oxygen atoms in total. The zero-order valence-electron chi connectivity index (χ0n) is 28.3. The van der Waals surface area contributed by atoms with Crippen LogP contribution >= 0.6 is 0 Å². The lowest BCUT2D eigenvalue weighted by Gasteiger charge is -2.45. The summed E-state index contributed by atoms with van der Waals surface area (Å²) in [6.45, 7) is 15.2. The molecule has 0 saturated heterocycles. The minimum atomic E-state index is -0.997. The minimum Gasteiger partial charge on any atom is -0.444 e. The van der Waals surface area contributed by atoms with Crippen molar-refractivity contribution in [2.24, 2.45) is 0 Å². The van der Waals surface area contributed by atoms with Crippen molar-refractivity contribution in [3.63, 3.8) is 0 Å². The van der Waals surface area contributed by atoms with Gasteiger partial charge in [-0.3, -0.25) is 9.59 Å². The van der Waals surface area contributed by atoms with Gasteiger partial charge in [-0.05, 0) is 100 Å². The molecular formula is C39H47N3O4. The van der Waals surface area contributed by atoms with Gasteiger partial charge in [0.2, 0.25) is 5.91 Å². The summed E-state index contributed by atoms with van der Waals surface area (Å²) in [6.07, 6.45) is 0.0924. The highest BCUT2D eigenvalue weighted by atomic mass is 16.6. The summed E-state index contributed by atoms with van der Waals surface area (Å²) < 4.78 is 5.59. The summed E-state index contributed by atoms with van der Waals surface area (Å²) in [4.78, 5) is 44.5. The van der Waals surface area contributed by atoms with Crippen LogP contribution in [0.5, 0.6) is 0 Å². The molecule has 46 heavy (non-hydrogen) atoms. The van der Waals surface area contributed by atoms with Crippen LogP contribution in [0.15, 0.2) is 91.0 Å². The van der Waals surface area contributed by atoms with Crippen LogP contribution in [-0.4, -0.2) is 40.0 Å². The van der Waals surface area contributed by atoms with Crippen LogP contribution < -0.4 is 10.6 Å². The molecule has 2 N–H and O–H groups in total. The van der Waals surface area contributed by atoms with E-state index in [4.69, 9.17) is 4.74 Å². The first-order valence-corrected chi connectivity index (χ1v) is 15.9. The number of carbonyl (C=O) groups is 3. The lowest BCUT2D eigenvalue weighted by Crippen LogP contribution is -2.59. The summed E-state index contributed by atoms with van der Waals surface area (Å²) in [7, 11) is 0. The molecule has 4 aromatic rings. The van der Waals surface area contributed by atoms with Gasteiger partial charge in [-0.2, -0.15) is 0 Å². The van der Waals surface area contributed by atoms with Crippen LogP contribution in [0.1, 0.15) is 76.3 Å². The average molecular weight is 622 g/mol. The third-order valence-corrected chi connectivity index (χ3v) is 8.37. The van der Waals surface area contributed by atoms with E-state index >= 15 is 0 Å². The maximum Gasteiger partial charge on any atom is 0.408 e. The van der Waals surface area contributed by atoms with E-state index in [-0.39, 0.29) is 18.2 Å². The van der Waals surface area contributed by atoms with E-state index in [2.05, 4.69) is 10.6 Å². The molecule has 7 heteroatoms. The zero-order chi connectivity index (χ0) is 33.6. The van der Waals surface area contributed by atoms with E-state index in [1.165, 1.54) is 0 Å². The summed E-state index contributed by atoms with van der Waals surface area (Å²) in [5.41, 5.74) is 2.51. The van der Waals surface area contributed by atoms with Gasteiger partial charge in [-0.1, -0.05) is 85.8 Å². The molecule has 2 unspecified atom stereocenters. The van der Waals surface area contributed by atoms with E-state index in [0.29, 0.717) is 12.1 Å². The van der Waals surface area contributed by atoms with Crippen LogP contribution in [0.2, 0.25) is 0 Å². The third kappa shape index (κ3) is 8.33. The molecule has 0 aliphatic heterocycles. The van der Waals surface area contributed by atoms with Gasteiger partial charge in [-0.15, -0.1) is 0 Å². The minimum absolute atomic E-state index is 0.223. The first kappa shape index (κ1) is 34.2. The molecule has 3 amide bonds. The molecule has 0 aromatic heterocycles.